The second-order valence-corrected chi connectivity index (χ2v) is 4.59. The summed E-state index contributed by atoms with van der Waals surface area (Å²) in [6.07, 6.45) is 0. The average Bonchev–Trinajstić information content (AvgIpc) is 2.76. The summed E-state index contributed by atoms with van der Waals surface area (Å²) in [6.45, 7) is 1.48. The molecule has 7 heteroatoms. The molecule has 0 bridgehead atoms. The van der Waals surface area contributed by atoms with Crippen LogP contribution < -0.4 is 5.32 Å². The predicted octanol–water partition coefficient (Wildman–Crippen LogP) is 2.65. The van der Waals surface area contributed by atoms with Crippen LogP contribution in [-0.4, -0.2) is 21.3 Å². The molecular formula is C11H8ClN3O2S. The van der Waals surface area contributed by atoms with Crippen molar-refractivity contribution in [2.24, 2.45) is 0 Å². The molecule has 1 amide bonds. The Bertz CT molecular complexity index is 595. The highest BCUT2D eigenvalue weighted by Gasteiger charge is 2.14. The van der Waals surface area contributed by atoms with Crippen molar-refractivity contribution in [1.29, 1.82) is 0 Å². The Morgan fingerprint density at radius 2 is 1.94 bits per heavy atom. The highest BCUT2D eigenvalue weighted by molar-refractivity contribution is 7.08. The average molecular weight is 282 g/mol. The Morgan fingerprint density at radius 1 is 1.28 bits per heavy atom. The number of Topliss-reactive ketones (excluding diaryl/α,β-unsaturated/α-hetero) is 1. The van der Waals surface area contributed by atoms with E-state index in [0.717, 1.165) is 11.5 Å². The van der Waals surface area contributed by atoms with E-state index in [1.807, 2.05) is 0 Å². The fourth-order valence-electron chi connectivity index (χ4n) is 1.29. The fraction of sp³-hybridized carbons (Fsp3) is 0.0909. The monoisotopic (exact) mass is 281 g/mol. The maximum atomic E-state index is 11.8. The Morgan fingerprint density at radius 3 is 2.44 bits per heavy atom. The van der Waals surface area contributed by atoms with E-state index in [1.165, 1.54) is 6.92 Å². The third-order valence-corrected chi connectivity index (χ3v) is 3.30. The molecule has 1 N–H and O–H groups in total. The highest BCUT2D eigenvalue weighted by Crippen LogP contribution is 2.18. The molecule has 1 aromatic heterocycles. The number of nitrogens with zero attached hydrogens (tertiary/aromatic N) is 2. The highest BCUT2D eigenvalue weighted by atomic mass is 35.5. The molecule has 5 nitrogen and oxygen atoms in total. The zero-order valence-corrected chi connectivity index (χ0v) is 10.9. The van der Waals surface area contributed by atoms with Crippen molar-refractivity contribution in [3.8, 4) is 0 Å². The van der Waals surface area contributed by atoms with Crippen LogP contribution in [0, 0.1) is 0 Å². The summed E-state index contributed by atoms with van der Waals surface area (Å²) >= 11 is 6.62. The van der Waals surface area contributed by atoms with Crippen LogP contribution in [0.1, 0.15) is 27.0 Å². The largest absolute Gasteiger partial charge is 0.321 e. The van der Waals surface area contributed by atoms with Crippen molar-refractivity contribution in [3.05, 3.63) is 39.9 Å². The zero-order chi connectivity index (χ0) is 13.1. The van der Waals surface area contributed by atoms with Gasteiger partial charge >= 0.3 is 0 Å². The Labute approximate surface area is 112 Å². The van der Waals surface area contributed by atoms with Gasteiger partial charge in [-0.1, -0.05) is 16.1 Å². The van der Waals surface area contributed by atoms with Gasteiger partial charge in [0.05, 0.1) is 0 Å². The van der Waals surface area contributed by atoms with Crippen molar-refractivity contribution in [3.63, 3.8) is 0 Å². The van der Waals surface area contributed by atoms with E-state index in [1.54, 1.807) is 24.3 Å². The molecule has 2 aromatic rings. The maximum Gasteiger partial charge on any atom is 0.270 e. The summed E-state index contributed by atoms with van der Waals surface area (Å²) in [7, 11) is 0. The first-order chi connectivity index (χ1) is 8.58. The number of rotatable bonds is 3. The lowest BCUT2D eigenvalue weighted by atomic mass is 10.1. The number of nitrogens with one attached hydrogen (secondary N) is 1. The maximum absolute atomic E-state index is 11.8. The van der Waals surface area contributed by atoms with Crippen LogP contribution >= 0.6 is 23.1 Å². The first-order valence-corrected chi connectivity index (χ1v) is 6.13. The van der Waals surface area contributed by atoms with Gasteiger partial charge in [-0.25, -0.2) is 0 Å². The Balaban J connectivity index is 2.13. The van der Waals surface area contributed by atoms with Gasteiger partial charge in [-0.05, 0) is 42.7 Å². The summed E-state index contributed by atoms with van der Waals surface area (Å²) in [6, 6.07) is 6.59. The molecule has 0 aliphatic heterocycles. The smallest absolute Gasteiger partial charge is 0.270 e. The molecule has 0 saturated heterocycles. The summed E-state index contributed by atoms with van der Waals surface area (Å²) in [5, 5.41) is 6.27. The molecule has 0 aliphatic rings. The number of carbonyl (C=O) groups is 2. The number of anilines is 1. The molecule has 18 heavy (non-hydrogen) atoms. The van der Waals surface area contributed by atoms with Crippen molar-refractivity contribution < 1.29 is 9.59 Å². The minimum atomic E-state index is -0.370. The molecule has 0 atom stereocenters. The summed E-state index contributed by atoms with van der Waals surface area (Å²) in [5.74, 6) is -0.395. The molecule has 2 rings (SSSR count). The van der Waals surface area contributed by atoms with Crippen molar-refractivity contribution >= 4 is 40.5 Å². The van der Waals surface area contributed by atoms with Gasteiger partial charge in [0.15, 0.2) is 15.8 Å². The predicted molar refractivity (Wildman–Crippen MR) is 69.3 cm³/mol. The molecule has 0 radical (unpaired) electrons. The summed E-state index contributed by atoms with van der Waals surface area (Å²) in [4.78, 5) is 23.1. The van der Waals surface area contributed by atoms with Gasteiger partial charge in [-0.2, -0.15) is 0 Å². The molecule has 1 heterocycles. The number of hydrogen-bond acceptors (Lipinski definition) is 5. The van der Waals surface area contributed by atoms with E-state index >= 15 is 0 Å². The van der Waals surface area contributed by atoms with Crippen LogP contribution in [0.2, 0.25) is 5.15 Å². The topological polar surface area (TPSA) is 72.0 Å². The lowest BCUT2D eigenvalue weighted by molar-refractivity contribution is 0.101. The van der Waals surface area contributed by atoms with Crippen molar-refractivity contribution in [2.75, 3.05) is 5.32 Å². The minimum absolute atomic E-state index is 0.0254. The van der Waals surface area contributed by atoms with Crippen LogP contribution in [-0.2, 0) is 0 Å². The van der Waals surface area contributed by atoms with E-state index in [-0.39, 0.29) is 21.7 Å². The number of aromatic nitrogens is 2. The van der Waals surface area contributed by atoms with E-state index in [2.05, 4.69) is 14.9 Å². The van der Waals surface area contributed by atoms with Crippen LogP contribution in [0.15, 0.2) is 24.3 Å². The van der Waals surface area contributed by atoms with Gasteiger partial charge in [-0.15, -0.1) is 5.10 Å². The summed E-state index contributed by atoms with van der Waals surface area (Å²) in [5.41, 5.74) is 1.17. The Hall–Kier alpha value is -1.79. The van der Waals surface area contributed by atoms with Gasteiger partial charge in [-0.3, -0.25) is 9.59 Å². The quantitative estimate of drug-likeness (QED) is 0.878. The third kappa shape index (κ3) is 2.72. The fourth-order valence-corrected chi connectivity index (χ4v) is 2.02. The van der Waals surface area contributed by atoms with Crippen LogP contribution in [0.5, 0.6) is 0 Å². The van der Waals surface area contributed by atoms with Gasteiger partial charge in [0.1, 0.15) is 0 Å². The molecule has 0 saturated carbocycles. The normalized spacial score (nSPS) is 10.1. The summed E-state index contributed by atoms with van der Waals surface area (Å²) < 4.78 is 3.58. The van der Waals surface area contributed by atoms with Crippen molar-refractivity contribution in [2.45, 2.75) is 6.92 Å². The molecule has 0 aliphatic carbocycles. The molecule has 1 aromatic carbocycles. The molecular weight excluding hydrogens is 274 g/mol. The van der Waals surface area contributed by atoms with Gasteiger partial charge < -0.3 is 5.32 Å². The van der Waals surface area contributed by atoms with E-state index in [9.17, 15) is 9.59 Å². The Kier molecular flexibility index (Phi) is 3.69. The second kappa shape index (κ2) is 5.24. The lowest BCUT2D eigenvalue weighted by Gasteiger charge is -2.03. The first-order valence-electron chi connectivity index (χ1n) is 4.98. The number of ketones is 1. The van der Waals surface area contributed by atoms with Gasteiger partial charge in [0.2, 0.25) is 0 Å². The van der Waals surface area contributed by atoms with E-state index in [0.29, 0.717) is 11.3 Å². The van der Waals surface area contributed by atoms with Gasteiger partial charge in [0, 0.05) is 11.3 Å². The van der Waals surface area contributed by atoms with E-state index in [4.69, 9.17) is 11.6 Å². The lowest BCUT2D eigenvalue weighted by Crippen LogP contribution is -2.10. The second-order valence-electron chi connectivity index (χ2n) is 3.48. The SMILES string of the molecule is CC(=O)c1ccc(NC(=O)c2snnc2Cl)cc1. The van der Waals surface area contributed by atoms with Crippen LogP contribution in [0.25, 0.3) is 0 Å². The van der Waals surface area contributed by atoms with E-state index < -0.39 is 0 Å². The zero-order valence-electron chi connectivity index (χ0n) is 9.31. The van der Waals surface area contributed by atoms with Crippen molar-refractivity contribution in [1.82, 2.24) is 9.59 Å². The number of carbonyl (C=O) groups excluding carboxylic acids is 2. The standard InChI is InChI=1S/C11H8ClN3O2S/c1-6(16)7-2-4-8(5-3-7)13-11(17)9-10(12)14-15-18-9/h2-5H,1H3,(H,13,17). The first kappa shape index (κ1) is 12.7. The van der Waals surface area contributed by atoms with Gasteiger partial charge in [0.25, 0.3) is 5.91 Å². The number of benzene rings is 1. The molecule has 92 valence electrons. The minimum Gasteiger partial charge on any atom is -0.321 e. The third-order valence-electron chi connectivity index (χ3n) is 2.20. The molecule has 0 fully saturated rings. The number of hydrogen-bond donors (Lipinski definition) is 1. The van der Waals surface area contributed by atoms with Crippen LogP contribution in [0.3, 0.4) is 0 Å². The number of halogens is 1. The number of amides is 1. The molecule has 0 unspecified atom stereocenters. The molecule has 0 spiro atoms. The van der Waals surface area contributed by atoms with Crippen LogP contribution in [0.4, 0.5) is 5.69 Å².